The molecule has 0 aliphatic rings. The Bertz CT molecular complexity index is 1150. The fourth-order valence-corrected chi connectivity index (χ4v) is 3.48. The van der Waals surface area contributed by atoms with Crippen molar-refractivity contribution in [2.24, 2.45) is 0 Å². The summed E-state index contributed by atoms with van der Waals surface area (Å²) in [5, 5.41) is 1.01. The van der Waals surface area contributed by atoms with Gasteiger partial charge in [-0.1, -0.05) is 54.6 Å². The van der Waals surface area contributed by atoms with Gasteiger partial charge in [0.2, 0.25) is 0 Å². The first-order valence-corrected chi connectivity index (χ1v) is 10.9. The van der Waals surface area contributed by atoms with Crippen molar-refractivity contribution in [1.29, 1.82) is 0 Å². The van der Waals surface area contributed by atoms with Gasteiger partial charge in [0.1, 0.15) is 23.7 Å². The molecule has 1 heterocycles. The van der Waals surface area contributed by atoms with Crippen molar-refractivity contribution in [2.75, 3.05) is 12.3 Å². The first-order chi connectivity index (χ1) is 15.7. The smallest absolute Gasteiger partial charge is 0.161 e. The van der Waals surface area contributed by atoms with Gasteiger partial charge in [0.15, 0.2) is 11.5 Å². The van der Waals surface area contributed by atoms with Crippen molar-refractivity contribution in [3.63, 3.8) is 0 Å². The van der Waals surface area contributed by atoms with Crippen LogP contribution in [0.15, 0.2) is 84.9 Å². The second-order valence-electron chi connectivity index (χ2n) is 7.70. The molecule has 1 atom stereocenters. The van der Waals surface area contributed by atoms with Gasteiger partial charge >= 0.3 is 0 Å². The van der Waals surface area contributed by atoms with Crippen LogP contribution in [0.5, 0.6) is 17.2 Å². The van der Waals surface area contributed by atoms with E-state index in [9.17, 15) is 0 Å². The van der Waals surface area contributed by atoms with Gasteiger partial charge in [-0.15, -0.1) is 0 Å². The van der Waals surface area contributed by atoms with E-state index in [1.54, 1.807) is 6.07 Å². The van der Waals surface area contributed by atoms with E-state index in [0.717, 1.165) is 46.6 Å². The van der Waals surface area contributed by atoms with E-state index in [1.165, 1.54) is 0 Å². The van der Waals surface area contributed by atoms with Crippen LogP contribution in [-0.4, -0.2) is 17.7 Å². The lowest BCUT2D eigenvalue weighted by atomic mass is 10.2. The van der Waals surface area contributed by atoms with Crippen molar-refractivity contribution in [1.82, 2.24) is 4.98 Å². The van der Waals surface area contributed by atoms with Gasteiger partial charge in [-0.05, 0) is 55.7 Å². The fraction of sp³-hybridized carbons (Fsp3) is 0.222. The van der Waals surface area contributed by atoms with Crippen LogP contribution in [0.3, 0.4) is 0 Å². The summed E-state index contributed by atoms with van der Waals surface area (Å²) in [5.41, 5.74) is 7.77. The van der Waals surface area contributed by atoms with Crippen LogP contribution in [0.1, 0.15) is 25.3 Å². The third-order valence-electron chi connectivity index (χ3n) is 5.13. The molecule has 4 aromatic rings. The Kier molecular flexibility index (Phi) is 7.08. The van der Waals surface area contributed by atoms with E-state index >= 15 is 0 Å². The number of hydrogen-bond donors (Lipinski definition) is 1. The Morgan fingerprint density at radius 2 is 1.50 bits per heavy atom. The first kappa shape index (κ1) is 21.5. The lowest BCUT2D eigenvalue weighted by molar-refractivity contribution is 0.193. The van der Waals surface area contributed by atoms with Crippen molar-refractivity contribution in [2.45, 2.75) is 32.5 Å². The van der Waals surface area contributed by atoms with Crippen molar-refractivity contribution in [3.05, 3.63) is 90.5 Å². The number of ether oxygens (including phenoxy) is 3. The minimum absolute atomic E-state index is 0.0250. The molecule has 0 saturated carbocycles. The predicted octanol–water partition coefficient (Wildman–Crippen LogP) is 6.02. The summed E-state index contributed by atoms with van der Waals surface area (Å²) in [6.45, 7) is 3.15. The molecule has 0 radical (unpaired) electrons. The Morgan fingerprint density at radius 1 is 0.781 bits per heavy atom. The van der Waals surface area contributed by atoms with Crippen LogP contribution in [0.2, 0.25) is 0 Å². The number of rotatable bonds is 10. The standard InChI is InChI=1S/C27H28N2O3/c1-20(32-25-15-7-12-22-16-17-26(28)29-27(22)25)9-8-18-30-23-13-5-6-14-24(23)31-19-21-10-3-2-4-11-21/h2-7,10-17,20H,8-9,18-19H2,1H3,(H2,28,29). The maximum atomic E-state index is 6.15. The van der Waals surface area contributed by atoms with Gasteiger partial charge in [0.05, 0.1) is 12.7 Å². The van der Waals surface area contributed by atoms with E-state index in [0.29, 0.717) is 19.0 Å². The Balaban J connectivity index is 1.27. The largest absolute Gasteiger partial charge is 0.490 e. The van der Waals surface area contributed by atoms with Crippen molar-refractivity contribution >= 4 is 16.7 Å². The highest BCUT2D eigenvalue weighted by atomic mass is 16.5. The molecule has 1 aromatic heterocycles. The van der Waals surface area contributed by atoms with Crippen LogP contribution in [0, 0.1) is 0 Å². The zero-order valence-corrected chi connectivity index (χ0v) is 18.2. The van der Waals surface area contributed by atoms with E-state index < -0.39 is 0 Å². The highest BCUT2D eigenvalue weighted by Gasteiger charge is 2.10. The molecule has 0 aliphatic carbocycles. The molecular formula is C27H28N2O3. The monoisotopic (exact) mass is 428 g/mol. The molecule has 0 fully saturated rings. The molecule has 0 amide bonds. The number of pyridine rings is 1. The third kappa shape index (κ3) is 5.70. The molecule has 164 valence electrons. The average molecular weight is 429 g/mol. The van der Waals surface area contributed by atoms with Crippen molar-refractivity contribution in [3.8, 4) is 17.2 Å². The highest BCUT2D eigenvalue weighted by molar-refractivity contribution is 5.85. The maximum absolute atomic E-state index is 6.15. The molecule has 1 unspecified atom stereocenters. The second kappa shape index (κ2) is 10.5. The number of hydrogen-bond acceptors (Lipinski definition) is 5. The van der Waals surface area contributed by atoms with Gasteiger partial charge in [0, 0.05) is 5.39 Å². The number of nitrogen functional groups attached to an aromatic ring is 1. The summed E-state index contributed by atoms with van der Waals surface area (Å²) in [6.07, 6.45) is 1.73. The molecule has 0 saturated heterocycles. The fourth-order valence-electron chi connectivity index (χ4n) is 3.48. The van der Waals surface area contributed by atoms with E-state index in [4.69, 9.17) is 19.9 Å². The predicted molar refractivity (Wildman–Crippen MR) is 128 cm³/mol. The molecule has 0 aliphatic heterocycles. The van der Waals surface area contributed by atoms with Crippen LogP contribution in [0.4, 0.5) is 5.82 Å². The van der Waals surface area contributed by atoms with Crippen LogP contribution >= 0.6 is 0 Å². The Hall–Kier alpha value is -3.73. The van der Waals surface area contributed by atoms with Gasteiger partial charge in [-0.3, -0.25) is 0 Å². The van der Waals surface area contributed by atoms with Crippen LogP contribution in [0.25, 0.3) is 10.9 Å². The molecule has 2 N–H and O–H groups in total. The minimum atomic E-state index is 0.0250. The highest BCUT2D eigenvalue weighted by Crippen LogP contribution is 2.28. The lowest BCUT2D eigenvalue weighted by Gasteiger charge is -2.17. The van der Waals surface area contributed by atoms with E-state index in [-0.39, 0.29) is 6.10 Å². The summed E-state index contributed by atoms with van der Waals surface area (Å²) in [4.78, 5) is 4.43. The quantitative estimate of drug-likeness (QED) is 0.313. The number of nitrogens with two attached hydrogens (primary N) is 1. The first-order valence-electron chi connectivity index (χ1n) is 10.9. The summed E-state index contributed by atoms with van der Waals surface area (Å²) in [7, 11) is 0. The van der Waals surface area contributed by atoms with Crippen LogP contribution in [-0.2, 0) is 6.61 Å². The van der Waals surface area contributed by atoms with E-state index in [2.05, 4.69) is 11.9 Å². The van der Waals surface area contributed by atoms with Gasteiger partial charge in [-0.2, -0.15) is 0 Å². The lowest BCUT2D eigenvalue weighted by Crippen LogP contribution is -2.14. The molecule has 4 rings (SSSR count). The van der Waals surface area contributed by atoms with Gasteiger partial charge in [-0.25, -0.2) is 4.98 Å². The number of fused-ring (bicyclic) bond motifs is 1. The topological polar surface area (TPSA) is 66.6 Å². The van der Waals surface area contributed by atoms with Crippen LogP contribution < -0.4 is 19.9 Å². The summed E-state index contributed by atoms with van der Waals surface area (Å²) >= 11 is 0. The summed E-state index contributed by atoms with van der Waals surface area (Å²) in [6, 6.07) is 27.5. The number of benzene rings is 3. The number of nitrogens with zero attached hydrogens (tertiary/aromatic N) is 1. The summed E-state index contributed by atoms with van der Waals surface area (Å²) in [5.74, 6) is 2.75. The second-order valence-corrected chi connectivity index (χ2v) is 7.70. The molecule has 0 bridgehead atoms. The molecule has 5 nitrogen and oxygen atoms in total. The molecule has 3 aromatic carbocycles. The summed E-state index contributed by atoms with van der Waals surface area (Å²) < 4.78 is 18.1. The third-order valence-corrected chi connectivity index (χ3v) is 5.13. The Morgan fingerprint density at radius 3 is 2.31 bits per heavy atom. The molecule has 32 heavy (non-hydrogen) atoms. The van der Waals surface area contributed by atoms with Gasteiger partial charge in [0.25, 0.3) is 0 Å². The molecular weight excluding hydrogens is 400 g/mol. The number of anilines is 1. The van der Waals surface area contributed by atoms with Gasteiger partial charge < -0.3 is 19.9 Å². The van der Waals surface area contributed by atoms with E-state index in [1.807, 2.05) is 78.9 Å². The molecule has 5 heteroatoms. The zero-order valence-electron chi connectivity index (χ0n) is 18.2. The zero-order chi connectivity index (χ0) is 22.2. The minimum Gasteiger partial charge on any atom is -0.490 e. The SMILES string of the molecule is CC(CCCOc1ccccc1OCc1ccccc1)Oc1cccc2ccc(N)nc12. The Labute approximate surface area is 188 Å². The number of para-hydroxylation sites is 3. The molecule has 0 spiro atoms. The van der Waals surface area contributed by atoms with Crippen molar-refractivity contribution < 1.29 is 14.2 Å². The average Bonchev–Trinajstić information content (AvgIpc) is 2.82. The normalized spacial score (nSPS) is 11.8. The maximum Gasteiger partial charge on any atom is 0.161 e. The number of aromatic nitrogens is 1.